The molecule has 2 aliphatic heterocycles. The predicted molar refractivity (Wildman–Crippen MR) is 130 cm³/mol. The van der Waals surface area contributed by atoms with Crippen LogP contribution in [0.3, 0.4) is 0 Å². The Morgan fingerprint density at radius 3 is 2.68 bits per heavy atom. The van der Waals surface area contributed by atoms with Gasteiger partial charge in [0.05, 0.1) is 22.3 Å². The molecule has 0 spiro atoms. The Hall–Kier alpha value is -2.74. The second-order valence-corrected chi connectivity index (χ2v) is 10.8. The van der Waals surface area contributed by atoms with Gasteiger partial charge in [-0.1, -0.05) is 25.4 Å². The van der Waals surface area contributed by atoms with Gasteiger partial charge in [0, 0.05) is 36.3 Å². The molecule has 34 heavy (non-hydrogen) atoms. The standard InChI is InChI=1S/C25H30ClN3O5/c1-14(2)21-13-34-24(33)28(21)11-15-5-4-8-27(15)20-10-19-16(9-18(20)26)22(30)17(23(31)32)12-29(19)25(3)6-7-25/h9-10,12,14-15,21H,4-8,11,13H2,1-3H3,(H,31,32)/t15-,21-/m1/s1. The van der Waals surface area contributed by atoms with Crippen LogP contribution >= 0.6 is 11.6 Å². The van der Waals surface area contributed by atoms with Gasteiger partial charge < -0.3 is 19.3 Å². The van der Waals surface area contributed by atoms with Crippen LogP contribution in [0.5, 0.6) is 0 Å². The van der Waals surface area contributed by atoms with Crippen LogP contribution in [0, 0.1) is 5.92 Å². The number of hydrogen-bond acceptors (Lipinski definition) is 5. The third kappa shape index (κ3) is 3.72. The second-order valence-electron chi connectivity index (χ2n) is 10.4. The SMILES string of the molecule is CC(C)[C@H]1COC(=O)N1C[C@H]1CCCN1c1cc2c(cc1Cl)c(=O)c(C(=O)O)cn2C1(C)CC1. The van der Waals surface area contributed by atoms with E-state index in [2.05, 4.69) is 25.7 Å². The number of aromatic carboxylic acids is 1. The first-order valence-electron chi connectivity index (χ1n) is 11.9. The van der Waals surface area contributed by atoms with Gasteiger partial charge >= 0.3 is 12.1 Å². The number of pyridine rings is 1. The Kier molecular flexibility index (Phi) is 5.54. The molecule has 1 saturated carbocycles. The number of aromatic nitrogens is 1. The predicted octanol–water partition coefficient (Wildman–Crippen LogP) is 4.31. The van der Waals surface area contributed by atoms with Gasteiger partial charge in [0.15, 0.2) is 0 Å². The molecule has 3 aliphatic rings. The van der Waals surface area contributed by atoms with E-state index < -0.39 is 11.4 Å². The minimum atomic E-state index is -1.23. The molecule has 0 bridgehead atoms. The van der Waals surface area contributed by atoms with E-state index in [1.54, 1.807) is 6.07 Å². The van der Waals surface area contributed by atoms with Crippen LogP contribution in [0.4, 0.5) is 10.5 Å². The molecule has 2 saturated heterocycles. The molecular weight excluding hydrogens is 458 g/mol. The average Bonchev–Trinajstić information content (AvgIpc) is 3.18. The summed E-state index contributed by atoms with van der Waals surface area (Å²) in [4.78, 5) is 41.2. The third-order valence-electron chi connectivity index (χ3n) is 7.73. The number of halogens is 1. The molecule has 9 heteroatoms. The molecule has 1 amide bonds. The van der Waals surface area contributed by atoms with E-state index in [1.807, 2.05) is 15.5 Å². The van der Waals surface area contributed by atoms with Gasteiger partial charge in [-0.2, -0.15) is 0 Å². The fraction of sp³-hybridized carbons (Fsp3) is 0.560. The Labute approximate surface area is 203 Å². The number of fused-ring (bicyclic) bond motifs is 1. The number of ether oxygens (including phenoxy) is 1. The zero-order valence-corrected chi connectivity index (χ0v) is 20.5. The number of carbonyl (C=O) groups is 2. The van der Waals surface area contributed by atoms with E-state index in [9.17, 15) is 19.5 Å². The summed E-state index contributed by atoms with van der Waals surface area (Å²) in [7, 11) is 0. The number of rotatable bonds is 6. The van der Waals surface area contributed by atoms with Crippen molar-refractivity contribution in [2.75, 3.05) is 24.6 Å². The summed E-state index contributed by atoms with van der Waals surface area (Å²) in [6.07, 6.45) is 4.94. The minimum absolute atomic E-state index is 0.0523. The van der Waals surface area contributed by atoms with Crippen LogP contribution in [-0.4, -0.2) is 58.4 Å². The molecule has 2 atom stereocenters. The average molecular weight is 488 g/mol. The van der Waals surface area contributed by atoms with Crippen LogP contribution < -0.4 is 10.3 Å². The Balaban J connectivity index is 1.56. The van der Waals surface area contributed by atoms with Crippen molar-refractivity contribution < 1.29 is 19.4 Å². The number of hydrogen-bond donors (Lipinski definition) is 1. The maximum absolute atomic E-state index is 13.0. The fourth-order valence-electron chi connectivity index (χ4n) is 5.37. The molecule has 182 valence electrons. The Bertz CT molecular complexity index is 1240. The minimum Gasteiger partial charge on any atom is -0.477 e. The van der Waals surface area contributed by atoms with Crippen molar-refractivity contribution in [2.24, 2.45) is 5.92 Å². The van der Waals surface area contributed by atoms with E-state index in [0.717, 1.165) is 37.9 Å². The van der Waals surface area contributed by atoms with E-state index in [0.29, 0.717) is 35.0 Å². The van der Waals surface area contributed by atoms with Gasteiger partial charge in [-0.05, 0) is 50.7 Å². The van der Waals surface area contributed by atoms with Gasteiger partial charge in [0.2, 0.25) is 5.43 Å². The highest BCUT2D eigenvalue weighted by Gasteiger charge is 2.41. The molecule has 1 N–H and O–H groups in total. The van der Waals surface area contributed by atoms with Crippen molar-refractivity contribution in [3.05, 3.63) is 39.1 Å². The monoisotopic (exact) mass is 487 g/mol. The van der Waals surface area contributed by atoms with Crippen molar-refractivity contribution in [3.8, 4) is 0 Å². The maximum atomic E-state index is 13.0. The van der Waals surface area contributed by atoms with Crippen molar-refractivity contribution in [1.29, 1.82) is 0 Å². The van der Waals surface area contributed by atoms with E-state index >= 15 is 0 Å². The first-order valence-corrected chi connectivity index (χ1v) is 12.3. The highest BCUT2D eigenvalue weighted by atomic mass is 35.5. The lowest BCUT2D eigenvalue weighted by molar-refractivity contribution is 0.0694. The summed E-state index contributed by atoms with van der Waals surface area (Å²) in [6.45, 7) is 8.01. The lowest BCUT2D eigenvalue weighted by atomic mass is 10.0. The summed E-state index contributed by atoms with van der Waals surface area (Å²) in [5.74, 6) is -0.940. The summed E-state index contributed by atoms with van der Waals surface area (Å²) >= 11 is 6.72. The number of cyclic esters (lactones) is 1. The van der Waals surface area contributed by atoms with Crippen LogP contribution in [0.15, 0.2) is 23.1 Å². The molecule has 3 fully saturated rings. The highest BCUT2D eigenvalue weighted by molar-refractivity contribution is 6.34. The summed E-state index contributed by atoms with van der Waals surface area (Å²) in [5.41, 5.74) is 0.534. The van der Waals surface area contributed by atoms with Crippen molar-refractivity contribution in [3.63, 3.8) is 0 Å². The largest absolute Gasteiger partial charge is 0.477 e. The van der Waals surface area contributed by atoms with Gasteiger partial charge in [-0.15, -0.1) is 0 Å². The Morgan fingerprint density at radius 2 is 2.03 bits per heavy atom. The molecule has 1 aromatic heterocycles. The number of anilines is 1. The van der Waals surface area contributed by atoms with Gasteiger partial charge in [-0.3, -0.25) is 9.69 Å². The lowest BCUT2D eigenvalue weighted by Crippen LogP contribution is -2.46. The fourth-order valence-corrected chi connectivity index (χ4v) is 5.64. The topological polar surface area (TPSA) is 92.1 Å². The number of carboxylic acids is 1. The highest BCUT2D eigenvalue weighted by Crippen LogP contribution is 2.45. The van der Waals surface area contributed by atoms with Crippen LogP contribution in [0.1, 0.15) is 56.8 Å². The van der Waals surface area contributed by atoms with Gasteiger partial charge in [0.1, 0.15) is 12.2 Å². The summed E-state index contributed by atoms with van der Waals surface area (Å²) in [5, 5.41) is 10.3. The number of carboxylic acid groups (broad SMARTS) is 1. The van der Waals surface area contributed by atoms with Crippen LogP contribution in [0.25, 0.3) is 10.9 Å². The number of benzene rings is 1. The first kappa shape index (κ1) is 23.0. The molecule has 8 nitrogen and oxygen atoms in total. The molecule has 0 unspecified atom stereocenters. The van der Waals surface area contributed by atoms with Crippen LogP contribution in [0.2, 0.25) is 5.02 Å². The lowest BCUT2D eigenvalue weighted by Gasteiger charge is -2.33. The summed E-state index contributed by atoms with van der Waals surface area (Å²) in [6, 6.07) is 3.67. The molecule has 5 rings (SSSR count). The molecule has 0 radical (unpaired) electrons. The Morgan fingerprint density at radius 1 is 1.29 bits per heavy atom. The van der Waals surface area contributed by atoms with Crippen LogP contribution in [-0.2, 0) is 10.3 Å². The van der Waals surface area contributed by atoms with Crippen molar-refractivity contribution in [1.82, 2.24) is 9.47 Å². The molecule has 3 heterocycles. The molecule has 2 aromatic rings. The van der Waals surface area contributed by atoms with Crippen molar-refractivity contribution in [2.45, 2.75) is 64.1 Å². The zero-order chi connectivity index (χ0) is 24.4. The second kappa shape index (κ2) is 8.18. The summed E-state index contributed by atoms with van der Waals surface area (Å²) < 4.78 is 7.27. The zero-order valence-electron chi connectivity index (χ0n) is 19.7. The smallest absolute Gasteiger partial charge is 0.410 e. The molecule has 1 aromatic carbocycles. The van der Waals surface area contributed by atoms with Gasteiger partial charge in [0.25, 0.3) is 0 Å². The van der Waals surface area contributed by atoms with Gasteiger partial charge in [-0.25, -0.2) is 9.59 Å². The number of amides is 1. The molecular formula is C25H30ClN3O5. The number of carbonyl (C=O) groups excluding carboxylic acids is 1. The first-order chi connectivity index (χ1) is 16.1. The number of nitrogens with zero attached hydrogens (tertiary/aromatic N) is 3. The van der Waals surface area contributed by atoms with E-state index in [1.165, 1.54) is 6.20 Å². The molecule has 1 aliphatic carbocycles. The van der Waals surface area contributed by atoms with Crippen molar-refractivity contribution >= 4 is 40.3 Å². The third-order valence-corrected chi connectivity index (χ3v) is 8.04. The van der Waals surface area contributed by atoms with E-state index in [-0.39, 0.29) is 29.3 Å². The normalized spacial score (nSPS) is 23.7. The quantitative estimate of drug-likeness (QED) is 0.652. The maximum Gasteiger partial charge on any atom is 0.410 e. The van der Waals surface area contributed by atoms with E-state index in [4.69, 9.17) is 16.3 Å².